The van der Waals surface area contributed by atoms with E-state index in [4.69, 9.17) is 14.2 Å². The van der Waals surface area contributed by atoms with Gasteiger partial charge < -0.3 is 14.2 Å². The van der Waals surface area contributed by atoms with Crippen molar-refractivity contribution in [3.05, 3.63) is 46.9 Å². The zero-order valence-corrected chi connectivity index (χ0v) is 16.6. The molecule has 1 heterocycles. The zero-order valence-electron chi connectivity index (χ0n) is 14.2. The van der Waals surface area contributed by atoms with Crippen LogP contribution in [0.5, 0.6) is 11.5 Å². The summed E-state index contributed by atoms with van der Waals surface area (Å²) in [7, 11) is 1.58. The van der Waals surface area contributed by atoms with E-state index in [2.05, 4.69) is 26.2 Å². The van der Waals surface area contributed by atoms with Crippen molar-refractivity contribution in [3.8, 4) is 11.5 Å². The van der Waals surface area contributed by atoms with Crippen LogP contribution in [0.4, 0.5) is 5.13 Å². The molecule has 3 rings (SSSR count). The largest absolute Gasteiger partial charge is 0.497 e. The Morgan fingerprint density at radius 2 is 1.85 bits per heavy atom. The lowest BCUT2D eigenvalue weighted by atomic mass is 10.3. The van der Waals surface area contributed by atoms with Crippen LogP contribution >= 0.6 is 27.3 Å². The first kappa shape index (κ1) is 19.1. The van der Waals surface area contributed by atoms with Gasteiger partial charge in [-0.25, -0.2) is 9.78 Å². The lowest BCUT2D eigenvalue weighted by Gasteiger charge is -2.07. The van der Waals surface area contributed by atoms with E-state index < -0.39 is 18.5 Å². The summed E-state index contributed by atoms with van der Waals surface area (Å²) >= 11 is 4.62. The predicted molar refractivity (Wildman–Crippen MR) is 105 cm³/mol. The monoisotopic (exact) mass is 450 g/mol. The number of rotatable bonds is 7. The molecule has 0 aliphatic rings. The maximum absolute atomic E-state index is 11.9. The number of carbonyl (C=O) groups is 2. The summed E-state index contributed by atoms with van der Waals surface area (Å²) in [6, 6.07) is 12.4. The highest BCUT2D eigenvalue weighted by molar-refractivity contribution is 9.10. The Morgan fingerprint density at radius 1 is 1.11 bits per heavy atom. The first-order valence-corrected chi connectivity index (χ1v) is 9.43. The summed E-state index contributed by atoms with van der Waals surface area (Å²) in [4.78, 5) is 27.9. The molecule has 3 aromatic rings. The van der Waals surface area contributed by atoms with Crippen LogP contribution in [0.1, 0.15) is 0 Å². The number of hydrogen-bond acceptors (Lipinski definition) is 7. The average molecular weight is 451 g/mol. The van der Waals surface area contributed by atoms with Gasteiger partial charge in [-0.15, -0.1) is 0 Å². The van der Waals surface area contributed by atoms with Crippen LogP contribution in [0.15, 0.2) is 46.9 Å². The number of carbonyl (C=O) groups excluding carboxylic acids is 2. The van der Waals surface area contributed by atoms with E-state index in [0.29, 0.717) is 16.6 Å². The van der Waals surface area contributed by atoms with Crippen LogP contribution in [-0.4, -0.2) is 37.2 Å². The zero-order chi connectivity index (χ0) is 19.2. The molecule has 0 bridgehead atoms. The second-order valence-electron chi connectivity index (χ2n) is 5.30. The topological polar surface area (TPSA) is 86.8 Å². The van der Waals surface area contributed by atoms with Crippen LogP contribution < -0.4 is 14.8 Å². The van der Waals surface area contributed by atoms with Gasteiger partial charge in [0, 0.05) is 4.47 Å². The third-order valence-electron chi connectivity index (χ3n) is 3.38. The van der Waals surface area contributed by atoms with E-state index in [1.54, 1.807) is 43.5 Å². The molecule has 0 spiro atoms. The number of ether oxygens (including phenoxy) is 3. The average Bonchev–Trinajstić information content (AvgIpc) is 3.07. The molecule has 1 amide bonds. The normalized spacial score (nSPS) is 10.4. The lowest BCUT2D eigenvalue weighted by Crippen LogP contribution is -2.23. The summed E-state index contributed by atoms with van der Waals surface area (Å²) in [5.41, 5.74) is 0.746. The number of nitrogens with zero attached hydrogens (tertiary/aromatic N) is 1. The second kappa shape index (κ2) is 8.83. The molecule has 9 heteroatoms. The molecule has 27 heavy (non-hydrogen) atoms. The van der Waals surface area contributed by atoms with Gasteiger partial charge in [0.1, 0.15) is 11.5 Å². The molecule has 0 aliphatic heterocycles. The Morgan fingerprint density at radius 3 is 2.59 bits per heavy atom. The number of methoxy groups -OCH3 is 1. The number of hydrogen-bond donors (Lipinski definition) is 1. The molecule has 140 valence electrons. The smallest absolute Gasteiger partial charge is 0.344 e. The summed E-state index contributed by atoms with van der Waals surface area (Å²) in [6.07, 6.45) is 0. The fourth-order valence-corrected chi connectivity index (χ4v) is 3.28. The second-order valence-corrected chi connectivity index (χ2v) is 7.25. The van der Waals surface area contributed by atoms with E-state index in [1.165, 1.54) is 11.3 Å². The Kier molecular flexibility index (Phi) is 6.25. The van der Waals surface area contributed by atoms with Crippen LogP contribution in [0, 0.1) is 0 Å². The summed E-state index contributed by atoms with van der Waals surface area (Å²) in [5.74, 6) is 0.133. The first-order chi connectivity index (χ1) is 13.0. The highest BCUT2D eigenvalue weighted by Gasteiger charge is 2.12. The molecule has 1 N–H and O–H groups in total. The molecule has 0 atom stereocenters. The molecule has 0 unspecified atom stereocenters. The highest BCUT2D eigenvalue weighted by atomic mass is 79.9. The molecular weight excluding hydrogens is 436 g/mol. The fraction of sp³-hybridized carbons (Fsp3) is 0.167. The number of halogens is 1. The number of thiazole rings is 1. The van der Waals surface area contributed by atoms with Gasteiger partial charge >= 0.3 is 5.97 Å². The van der Waals surface area contributed by atoms with Gasteiger partial charge in [0.25, 0.3) is 5.91 Å². The van der Waals surface area contributed by atoms with Gasteiger partial charge in [-0.2, -0.15) is 0 Å². The van der Waals surface area contributed by atoms with Crippen LogP contribution in [-0.2, 0) is 14.3 Å². The Labute approximate surface area is 167 Å². The van der Waals surface area contributed by atoms with Gasteiger partial charge in [-0.3, -0.25) is 10.1 Å². The van der Waals surface area contributed by atoms with Gasteiger partial charge in [0.15, 0.2) is 18.3 Å². The van der Waals surface area contributed by atoms with E-state index in [-0.39, 0.29) is 6.61 Å². The van der Waals surface area contributed by atoms with Crippen LogP contribution in [0.25, 0.3) is 10.2 Å². The molecule has 0 radical (unpaired) electrons. The minimum absolute atomic E-state index is 0.282. The van der Waals surface area contributed by atoms with Gasteiger partial charge in [0.05, 0.1) is 17.3 Å². The van der Waals surface area contributed by atoms with Crippen molar-refractivity contribution in [2.45, 2.75) is 0 Å². The van der Waals surface area contributed by atoms with Crippen molar-refractivity contribution in [1.29, 1.82) is 0 Å². The SMILES string of the molecule is COc1ccc2nc(NC(=O)COC(=O)COc3ccc(Br)cc3)sc2c1. The summed E-state index contributed by atoms with van der Waals surface area (Å²) in [6.45, 7) is -0.697. The molecule has 0 saturated carbocycles. The van der Waals surface area contributed by atoms with Crippen molar-refractivity contribution in [3.63, 3.8) is 0 Å². The van der Waals surface area contributed by atoms with E-state index in [1.807, 2.05) is 6.07 Å². The van der Waals surface area contributed by atoms with Crippen molar-refractivity contribution in [2.24, 2.45) is 0 Å². The number of anilines is 1. The van der Waals surface area contributed by atoms with E-state index in [0.717, 1.165) is 14.7 Å². The third kappa shape index (κ3) is 5.41. The third-order valence-corrected chi connectivity index (χ3v) is 4.84. The number of nitrogens with one attached hydrogen (secondary N) is 1. The van der Waals surface area contributed by atoms with Crippen molar-refractivity contribution in [2.75, 3.05) is 25.6 Å². The van der Waals surface area contributed by atoms with Gasteiger partial charge in [-0.1, -0.05) is 27.3 Å². The van der Waals surface area contributed by atoms with E-state index >= 15 is 0 Å². The Balaban J connectivity index is 1.46. The number of aromatic nitrogens is 1. The first-order valence-electron chi connectivity index (χ1n) is 7.82. The maximum Gasteiger partial charge on any atom is 0.344 e. The van der Waals surface area contributed by atoms with Crippen molar-refractivity contribution >= 4 is 54.5 Å². The number of benzene rings is 2. The number of esters is 1. The minimum atomic E-state index is -0.637. The lowest BCUT2D eigenvalue weighted by molar-refractivity contribution is -0.149. The highest BCUT2D eigenvalue weighted by Crippen LogP contribution is 2.29. The number of fused-ring (bicyclic) bond motifs is 1. The maximum atomic E-state index is 11.9. The van der Waals surface area contributed by atoms with E-state index in [9.17, 15) is 9.59 Å². The van der Waals surface area contributed by atoms with Crippen LogP contribution in [0.2, 0.25) is 0 Å². The molecule has 0 saturated heterocycles. The quantitative estimate of drug-likeness (QED) is 0.553. The standard InChI is InChI=1S/C18H15BrN2O5S/c1-24-13-6-7-14-15(8-13)27-18(20-14)21-16(22)9-26-17(23)10-25-12-4-2-11(19)3-5-12/h2-8H,9-10H2,1H3,(H,20,21,22). The fourth-order valence-electron chi connectivity index (χ4n) is 2.10. The van der Waals surface area contributed by atoms with Crippen molar-refractivity contribution in [1.82, 2.24) is 4.98 Å². The molecule has 0 fully saturated rings. The molecule has 7 nitrogen and oxygen atoms in total. The van der Waals surface area contributed by atoms with Crippen molar-refractivity contribution < 1.29 is 23.8 Å². The number of amides is 1. The van der Waals surface area contributed by atoms with Gasteiger partial charge in [-0.05, 0) is 42.5 Å². The predicted octanol–water partition coefficient (Wildman–Crippen LogP) is 3.63. The Bertz CT molecular complexity index is 958. The Hall–Kier alpha value is -2.65. The molecular formula is C18H15BrN2O5S. The molecule has 2 aromatic carbocycles. The summed E-state index contributed by atoms with van der Waals surface area (Å²) < 4.78 is 17.1. The summed E-state index contributed by atoms with van der Waals surface area (Å²) in [5, 5.41) is 3.03. The minimum Gasteiger partial charge on any atom is -0.497 e. The molecule has 1 aromatic heterocycles. The van der Waals surface area contributed by atoms with Gasteiger partial charge in [0.2, 0.25) is 0 Å². The molecule has 0 aliphatic carbocycles. The van der Waals surface area contributed by atoms with Crippen LogP contribution in [0.3, 0.4) is 0 Å².